The van der Waals surface area contributed by atoms with Crippen LogP contribution in [0.4, 0.5) is 0 Å². The van der Waals surface area contributed by atoms with Gasteiger partial charge >= 0.3 is 51.4 Å². The quantitative estimate of drug-likeness (QED) is 0.356. The zero-order valence-corrected chi connectivity index (χ0v) is 19.6. The van der Waals surface area contributed by atoms with Crippen molar-refractivity contribution >= 4 is 12.6 Å². The van der Waals surface area contributed by atoms with E-state index in [9.17, 15) is 0 Å². The van der Waals surface area contributed by atoms with E-state index in [0.29, 0.717) is 18.3 Å². The van der Waals surface area contributed by atoms with Crippen LogP contribution in [0, 0.1) is 0 Å². The maximum atomic E-state index is 5.79. The molecule has 6 heteroatoms. The SMILES string of the molecule is [K+].[S-]c1nnc(COc2ccccc2)n1Cc1ccc(-c2ccccc2)cc1. The molecule has 0 atom stereocenters. The van der Waals surface area contributed by atoms with E-state index in [2.05, 4.69) is 46.6 Å². The second-order valence-electron chi connectivity index (χ2n) is 6.15. The fourth-order valence-electron chi connectivity index (χ4n) is 2.86. The fraction of sp³-hybridized carbons (Fsp3) is 0.0909. The second-order valence-corrected chi connectivity index (χ2v) is 6.51. The van der Waals surface area contributed by atoms with Crippen molar-refractivity contribution in [2.45, 2.75) is 18.3 Å². The summed E-state index contributed by atoms with van der Waals surface area (Å²) >= 11 is 5.34. The molecular weight excluding hydrogens is 393 g/mol. The molecule has 1 aromatic heterocycles. The molecular formula is C22H18KN3OS. The first-order valence-electron chi connectivity index (χ1n) is 8.71. The Morgan fingerprint density at radius 2 is 1.36 bits per heavy atom. The molecule has 4 nitrogen and oxygen atoms in total. The Kier molecular flexibility index (Phi) is 7.78. The second kappa shape index (κ2) is 10.3. The maximum absolute atomic E-state index is 5.79. The predicted octanol–water partition coefficient (Wildman–Crippen LogP) is 1.48. The molecule has 0 unspecified atom stereocenters. The van der Waals surface area contributed by atoms with Crippen LogP contribution in [-0.2, 0) is 25.8 Å². The largest absolute Gasteiger partial charge is 1.00 e. The maximum Gasteiger partial charge on any atom is 1.00 e. The van der Waals surface area contributed by atoms with E-state index in [-0.39, 0.29) is 51.4 Å². The monoisotopic (exact) mass is 411 g/mol. The fourth-order valence-corrected chi connectivity index (χ4v) is 3.08. The number of rotatable bonds is 6. The van der Waals surface area contributed by atoms with Gasteiger partial charge in [0, 0.05) is 11.7 Å². The summed E-state index contributed by atoms with van der Waals surface area (Å²) < 4.78 is 7.70. The van der Waals surface area contributed by atoms with Gasteiger partial charge in [0.25, 0.3) is 0 Å². The van der Waals surface area contributed by atoms with Gasteiger partial charge in [-0.15, -0.1) is 5.10 Å². The van der Waals surface area contributed by atoms with Crippen molar-refractivity contribution in [1.82, 2.24) is 14.8 Å². The van der Waals surface area contributed by atoms with Gasteiger partial charge in [0.05, 0.1) is 0 Å². The van der Waals surface area contributed by atoms with Crippen molar-refractivity contribution in [3.05, 3.63) is 96.3 Å². The average molecular weight is 412 g/mol. The van der Waals surface area contributed by atoms with Crippen LogP contribution in [-0.4, -0.2) is 14.8 Å². The number of ether oxygens (including phenoxy) is 1. The van der Waals surface area contributed by atoms with E-state index < -0.39 is 0 Å². The molecule has 0 aliphatic heterocycles. The summed E-state index contributed by atoms with van der Waals surface area (Å²) in [5.41, 5.74) is 3.53. The molecule has 1 heterocycles. The van der Waals surface area contributed by atoms with Crippen molar-refractivity contribution < 1.29 is 56.1 Å². The minimum Gasteiger partial charge on any atom is -0.740 e. The van der Waals surface area contributed by atoms with Gasteiger partial charge < -0.3 is 21.9 Å². The molecule has 0 radical (unpaired) electrons. The number of aromatic nitrogens is 3. The van der Waals surface area contributed by atoms with Gasteiger partial charge in [0.2, 0.25) is 0 Å². The number of benzene rings is 3. The molecule has 0 aliphatic rings. The molecule has 0 fully saturated rings. The van der Waals surface area contributed by atoms with E-state index in [1.165, 1.54) is 11.1 Å². The third-order valence-corrected chi connectivity index (χ3v) is 4.61. The molecule has 0 bridgehead atoms. The standard InChI is InChI=1S/C22H19N3OS.K/c27-22-24-23-21(16-26-20-9-5-2-6-10-20)25(22)15-17-11-13-19(14-12-17)18-7-3-1-4-8-18;/h1-14H,15-16H2,(H,24,27);/q;+1/p-1. The molecule has 0 saturated heterocycles. The summed E-state index contributed by atoms with van der Waals surface area (Å²) in [6, 6.07) is 28.4. The van der Waals surface area contributed by atoms with E-state index >= 15 is 0 Å². The Labute approximate surface area is 212 Å². The third kappa shape index (κ3) is 5.29. The molecule has 0 saturated carbocycles. The molecule has 28 heavy (non-hydrogen) atoms. The van der Waals surface area contributed by atoms with Crippen LogP contribution in [0.5, 0.6) is 5.75 Å². The van der Waals surface area contributed by atoms with Crippen molar-refractivity contribution in [2.24, 2.45) is 0 Å². The van der Waals surface area contributed by atoms with Crippen molar-refractivity contribution in [1.29, 1.82) is 0 Å². The number of hydrogen-bond acceptors (Lipinski definition) is 4. The van der Waals surface area contributed by atoms with E-state index in [0.717, 1.165) is 17.1 Å². The van der Waals surface area contributed by atoms with E-state index in [1.807, 2.05) is 53.1 Å². The van der Waals surface area contributed by atoms with Crippen LogP contribution in [0.3, 0.4) is 0 Å². The van der Waals surface area contributed by atoms with Gasteiger partial charge in [-0.25, -0.2) is 0 Å². The summed E-state index contributed by atoms with van der Waals surface area (Å²) in [7, 11) is 0. The molecule has 4 rings (SSSR count). The van der Waals surface area contributed by atoms with Gasteiger partial charge in [0.1, 0.15) is 12.4 Å². The molecule has 0 N–H and O–H groups in total. The zero-order valence-electron chi connectivity index (χ0n) is 15.7. The van der Waals surface area contributed by atoms with Crippen molar-refractivity contribution in [3.8, 4) is 16.9 Å². The summed E-state index contributed by atoms with van der Waals surface area (Å²) in [6.07, 6.45) is 0. The van der Waals surface area contributed by atoms with Gasteiger partial charge in [-0.05, 0) is 28.8 Å². The first kappa shape index (κ1) is 21.2. The third-order valence-electron chi connectivity index (χ3n) is 4.31. The Morgan fingerprint density at radius 1 is 0.750 bits per heavy atom. The van der Waals surface area contributed by atoms with Crippen molar-refractivity contribution in [2.75, 3.05) is 0 Å². The molecule has 134 valence electrons. The minimum atomic E-state index is 0. The smallest absolute Gasteiger partial charge is 0.740 e. The number of hydrogen-bond donors (Lipinski definition) is 0. The topological polar surface area (TPSA) is 39.9 Å². The van der Waals surface area contributed by atoms with Gasteiger partial charge in [-0.1, -0.05) is 72.8 Å². The average Bonchev–Trinajstić information content (AvgIpc) is 3.08. The normalized spacial score (nSPS) is 10.3. The molecule has 0 aliphatic carbocycles. The van der Waals surface area contributed by atoms with Gasteiger partial charge in [-0.3, -0.25) is 0 Å². The van der Waals surface area contributed by atoms with Crippen LogP contribution in [0.1, 0.15) is 11.4 Å². The first-order valence-corrected chi connectivity index (χ1v) is 9.12. The summed E-state index contributed by atoms with van der Waals surface area (Å²) in [5.74, 6) is 1.51. The van der Waals surface area contributed by atoms with Crippen LogP contribution in [0.25, 0.3) is 11.1 Å². The minimum absolute atomic E-state index is 0. The predicted molar refractivity (Wildman–Crippen MR) is 107 cm³/mol. The molecule has 3 aromatic carbocycles. The van der Waals surface area contributed by atoms with Crippen LogP contribution < -0.4 is 56.1 Å². The van der Waals surface area contributed by atoms with E-state index in [1.54, 1.807) is 0 Å². The Balaban J connectivity index is 0.00000225. The van der Waals surface area contributed by atoms with Crippen molar-refractivity contribution in [3.63, 3.8) is 0 Å². The summed E-state index contributed by atoms with van der Waals surface area (Å²) in [4.78, 5) is 0. The Bertz CT molecular complexity index is 1010. The molecule has 0 spiro atoms. The Hall–Kier alpha value is -1.54. The summed E-state index contributed by atoms with van der Waals surface area (Å²) in [6.45, 7) is 0.949. The van der Waals surface area contributed by atoms with Gasteiger partial charge in [0.15, 0.2) is 5.82 Å². The van der Waals surface area contributed by atoms with E-state index in [4.69, 9.17) is 17.4 Å². The van der Waals surface area contributed by atoms with Crippen LogP contribution in [0.15, 0.2) is 90.1 Å². The first-order chi connectivity index (χ1) is 13.3. The summed E-state index contributed by atoms with van der Waals surface area (Å²) in [5, 5.41) is 8.68. The van der Waals surface area contributed by atoms with Crippen LogP contribution >= 0.6 is 0 Å². The Morgan fingerprint density at radius 3 is 2.04 bits per heavy atom. The van der Waals surface area contributed by atoms with Gasteiger partial charge in [-0.2, -0.15) is 5.10 Å². The van der Waals surface area contributed by atoms with Crippen LogP contribution in [0.2, 0.25) is 0 Å². The zero-order chi connectivity index (χ0) is 18.5. The number of para-hydroxylation sites is 1. The molecule has 4 aromatic rings. The molecule has 0 amide bonds. The number of nitrogens with zero attached hydrogens (tertiary/aromatic N) is 3.